The van der Waals surface area contributed by atoms with Crippen LogP contribution in [-0.2, 0) is 6.42 Å². The minimum Gasteiger partial charge on any atom is -0.148 e. The van der Waals surface area contributed by atoms with Crippen molar-refractivity contribution >= 4 is 21.5 Å². The van der Waals surface area contributed by atoms with Gasteiger partial charge in [-0.25, -0.2) is 0 Å². The highest BCUT2D eigenvalue weighted by atomic mass is 14.2. The normalized spacial score (nSPS) is 12.7. The Morgan fingerprint density at radius 2 is 1.54 bits per heavy atom. The Balaban J connectivity index is 1.73. The molecule has 0 spiro atoms. The van der Waals surface area contributed by atoms with E-state index in [2.05, 4.69) is 79.4 Å². The van der Waals surface area contributed by atoms with Gasteiger partial charge in [0.1, 0.15) is 0 Å². The fourth-order valence-electron chi connectivity index (χ4n) is 3.88. The van der Waals surface area contributed by atoms with Crippen LogP contribution < -0.4 is 0 Å². The van der Waals surface area contributed by atoms with Gasteiger partial charge in [-0.05, 0) is 6.42 Å². The molecule has 0 saturated heterocycles. The number of benzene rings is 2. The van der Waals surface area contributed by atoms with Gasteiger partial charge in [-0.3, -0.25) is 0 Å². The van der Waals surface area contributed by atoms with Crippen molar-refractivity contribution in [3.63, 3.8) is 0 Å². The first-order chi connectivity index (χ1) is 11.9. The second kappa shape index (κ2) is 6.49. The van der Waals surface area contributed by atoms with Gasteiger partial charge in [0.25, 0.3) is 0 Å². The largest absolute Gasteiger partial charge is 0.148 e. The van der Waals surface area contributed by atoms with Crippen molar-refractivity contribution in [2.45, 2.75) is 25.2 Å². The van der Waals surface area contributed by atoms with Gasteiger partial charge in [0, 0.05) is 0 Å². The third kappa shape index (κ3) is 2.69. The molecule has 0 aromatic heterocycles. The molecule has 0 bridgehead atoms. The van der Waals surface area contributed by atoms with Crippen LogP contribution in [0.2, 0.25) is 0 Å². The molecule has 0 aliphatic heterocycles. The van der Waals surface area contributed by atoms with E-state index in [0.29, 0.717) is 5.92 Å². The summed E-state index contributed by atoms with van der Waals surface area (Å²) >= 11 is 0. The van der Waals surface area contributed by atoms with Crippen molar-refractivity contribution < 1.29 is 0 Å². The summed E-state index contributed by atoms with van der Waals surface area (Å²) in [6.45, 7) is 3.92. The second-order valence-electron chi connectivity index (χ2n) is 6.59. The van der Waals surface area contributed by atoms with Crippen molar-refractivity contribution in [3.8, 4) is 0 Å². The summed E-state index contributed by atoms with van der Waals surface area (Å²) in [7, 11) is 0. The van der Waals surface area contributed by atoms with Gasteiger partial charge < -0.3 is 0 Å². The number of allylic oxidation sites excluding steroid dienone is 1. The SMILES string of the molecule is C=CCCC(Cc1cc[c-]2ccccc12)c1cc[c-]2ccccc12. The lowest BCUT2D eigenvalue weighted by Gasteiger charge is -2.22. The zero-order valence-electron chi connectivity index (χ0n) is 13.9. The van der Waals surface area contributed by atoms with Gasteiger partial charge in [-0.1, -0.05) is 35.6 Å². The van der Waals surface area contributed by atoms with Crippen LogP contribution in [0.4, 0.5) is 0 Å². The minimum atomic E-state index is 0.536. The summed E-state index contributed by atoms with van der Waals surface area (Å²) in [5, 5.41) is 5.50. The molecule has 120 valence electrons. The van der Waals surface area contributed by atoms with Crippen molar-refractivity contribution in [1.29, 1.82) is 0 Å². The quantitative estimate of drug-likeness (QED) is 0.274. The maximum Gasteiger partial charge on any atom is -0.0354 e. The summed E-state index contributed by atoms with van der Waals surface area (Å²) in [6.07, 6.45) is 5.34. The Morgan fingerprint density at radius 1 is 0.833 bits per heavy atom. The highest BCUT2D eigenvalue weighted by Crippen LogP contribution is 2.35. The lowest BCUT2D eigenvalue weighted by Crippen LogP contribution is -2.02. The van der Waals surface area contributed by atoms with E-state index in [9.17, 15) is 0 Å². The molecule has 0 saturated carbocycles. The third-order valence-electron chi connectivity index (χ3n) is 5.11. The topological polar surface area (TPSA) is 0 Å². The molecule has 0 aliphatic carbocycles. The average molecular weight is 310 g/mol. The lowest BCUT2D eigenvalue weighted by molar-refractivity contribution is 0.637. The van der Waals surface area contributed by atoms with E-state index in [1.54, 1.807) is 0 Å². The average Bonchev–Trinajstić information content (AvgIpc) is 3.23. The van der Waals surface area contributed by atoms with Crippen LogP contribution in [0.15, 0.2) is 85.5 Å². The molecule has 4 aromatic rings. The molecular formula is C24H22-2. The Hall–Kier alpha value is -2.60. The summed E-state index contributed by atoms with van der Waals surface area (Å²) in [6, 6.07) is 26.6. The Bertz CT molecular complexity index is 964. The second-order valence-corrected chi connectivity index (χ2v) is 6.59. The summed E-state index contributed by atoms with van der Waals surface area (Å²) < 4.78 is 0. The molecule has 0 nitrogen and oxygen atoms in total. The first kappa shape index (κ1) is 15.0. The molecule has 1 atom stereocenters. The third-order valence-corrected chi connectivity index (χ3v) is 5.11. The minimum absolute atomic E-state index is 0.536. The fraction of sp³-hybridized carbons (Fsp3) is 0.167. The molecule has 1 unspecified atom stereocenters. The lowest BCUT2D eigenvalue weighted by atomic mass is 9.88. The van der Waals surface area contributed by atoms with Gasteiger partial charge >= 0.3 is 0 Å². The van der Waals surface area contributed by atoms with Crippen LogP contribution in [0.1, 0.15) is 29.9 Å². The van der Waals surface area contributed by atoms with Gasteiger partial charge in [-0.15, -0.1) is 101 Å². The van der Waals surface area contributed by atoms with Crippen LogP contribution in [0, 0.1) is 0 Å². The predicted molar refractivity (Wildman–Crippen MR) is 105 cm³/mol. The van der Waals surface area contributed by atoms with Crippen molar-refractivity contribution in [2.75, 3.05) is 0 Å². The van der Waals surface area contributed by atoms with E-state index < -0.39 is 0 Å². The van der Waals surface area contributed by atoms with Crippen molar-refractivity contribution in [3.05, 3.63) is 96.6 Å². The standard InChI is InChI=1S/C24H22/c1-2-3-8-20(24-16-15-19-10-5-7-12-23(19)24)17-21-14-13-18-9-4-6-11-22(18)21/h2,4-7,9-16,20H,1,3,8,17H2/q-2. The molecule has 0 aliphatic rings. The maximum absolute atomic E-state index is 3.92. The van der Waals surface area contributed by atoms with Gasteiger partial charge in [-0.2, -0.15) is 0 Å². The van der Waals surface area contributed by atoms with E-state index in [1.165, 1.54) is 32.7 Å². The highest BCUT2D eigenvalue weighted by molar-refractivity contribution is 5.89. The predicted octanol–water partition coefficient (Wildman–Crippen LogP) is 6.72. The van der Waals surface area contributed by atoms with E-state index in [0.717, 1.165) is 19.3 Å². The highest BCUT2D eigenvalue weighted by Gasteiger charge is 2.11. The monoisotopic (exact) mass is 310 g/mol. The number of rotatable bonds is 6. The summed E-state index contributed by atoms with van der Waals surface area (Å²) in [5.74, 6) is 0.536. The van der Waals surface area contributed by atoms with E-state index in [-0.39, 0.29) is 0 Å². The zero-order valence-corrected chi connectivity index (χ0v) is 13.9. The van der Waals surface area contributed by atoms with Crippen LogP contribution in [0.25, 0.3) is 21.5 Å². The summed E-state index contributed by atoms with van der Waals surface area (Å²) in [4.78, 5) is 0. The Morgan fingerprint density at radius 3 is 2.33 bits per heavy atom. The van der Waals surface area contributed by atoms with E-state index in [4.69, 9.17) is 0 Å². The van der Waals surface area contributed by atoms with Crippen LogP contribution in [-0.4, -0.2) is 0 Å². The molecule has 0 amide bonds. The van der Waals surface area contributed by atoms with Gasteiger partial charge in [0.05, 0.1) is 0 Å². The van der Waals surface area contributed by atoms with Crippen molar-refractivity contribution in [2.24, 2.45) is 0 Å². The zero-order chi connectivity index (χ0) is 16.4. The van der Waals surface area contributed by atoms with E-state index >= 15 is 0 Å². The van der Waals surface area contributed by atoms with Crippen LogP contribution in [0.5, 0.6) is 0 Å². The van der Waals surface area contributed by atoms with Crippen LogP contribution in [0.3, 0.4) is 0 Å². The van der Waals surface area contributed by atoms with Crippen molar-refractivity contribution in [1.82, 2.24) is 0 Å². The molecule has 0 heteroatoms. The molecule has 0 fully saturated rings. The molecular weight excluding hydrogens is 288 g/mol. The first-order valence-electron chi connectivity index (χ1n) is 8.75. The summed E-state index contributed by atoms with van der Waals surface area (Å²) in [5.41, 5.74) is 2.95. The van der Waals surface area contributed by atoms with Gasteiger partial charge in [0.15, 0.2) is 0 Å². The van der Waals surface area contributed by atoms with Crippen LogP contribution >= 0.6 is 0 Å². The Kier molecular flexibility index (Phi) is 4.04. The van der Waals surface area contributed by atoms with Gasteiger partial charge in [0.2, 0.25) is 0 Å². The smallest absolute Gasteiger partial charge is 0.0354 e. The number of hydrogen-bond acceptors (Lipinski definition) is 0. The molecule has 4 rings (SSSR count). The first-order valence-corrected chi connectivity index (χ1v) is 8.75. The maximum atomic E-state index is 3.92. The molecule has 4 aromatic carbocycles. The van der Waals surface area contributed by atoms with E-state index in [1.807, 2.05) is 6.08 Å². The number of hydrogen-bond donors (Lipinski definition) is 0. The Labute approximate surface area is 143 Å². The molecule has 0 N–H and O–H groups in total. The molecule has 0 radical (unpaired) electrons. The molecule has 24 heavy (non-hydrogen) atoms. The molecule has 0 heterocycles. The fourth-order valence-corrected chi connectivity index (χ4v) is 3.88. The number of fused-ring (bicyclic) bond motifs is 2.